The Kier molecular flexibility index (Phi) is 4.51. The van der Waals surface area contributed by atoms with Crippen LogP contribution in [-0.4, -0.2) is 38.3 Å². The smallest absolute Gasteiger partial charge is 0.453 e. The number of H-pyrrole nitrogens is 1. The Labute approximate surface area is 147 Å². The summed E-state index contributed by atoms with van der Waals surface area (Å²) in [5.74, 6) is -0.630. The summed E-state index contributed by atoms with van der Waals surface area (Å²) in [6, 6.07) is 6.98. The molecule has 2 N–H and O–H groups in total. The number of halogens is 3. The number of rotatable bonds is 2. The van der Waals surface area contributed by atoms with Crippen LogP contribution >= 0.6 is 0 Å². The van der Waals surface area contributed by atoms with Crippen molar-refractivity contribution in [3.63, 3.8) is 0 Å². The lowest BCUT2D eigenvalue weighted by Crippen LogP contribution is -2.47. The van der Waals surface area contributed by atoms with Gasteiger partial charge in [-0.15, -0.1) is 5.10 Å². The number of carbonyl (C=O) groups excluding carboxylic acids is 1. The van der Waals surface area contributed by atoms with Crippen LogP contribution < -0.4 is 10.1 Å². The zero-order chi connectivity index (χ0) is 18.9. The van der Waals surface area contributed by atoms with Gasteiger partial charge in [0.2, 0.25) is 0 Å². The minimum atomic E-state index is -4.63. The van der Waals surface area contributed by atoms with Crippen molar-refractivity contribution in [2.45, 2.75) is 38.7 Å². The van der Waals surface area contributed by atoms with Gasteiger partial charge in [0.25, 0.3) is 5.82 Å². The highest BCUT2D eigenvalue weighted by molar-refractivity contribution is 5.74. The second kappa shape index (κ2) is 6.50. The van der Waals surface area contributed by atoms with Gasteiger partial charge in [-0.2, -0.15) is 13.2 Å². The molecule has 0 atom stereocenters. The number of aromatic nitrogens is 3. The molecule has 1 aromatic carbocycles. The summed E-state index contributed by atoms with van der Waals surface area (Å²) >= 11 is 0. The van der Waals surface area contributed by atoms with Gasteiger partial charge in [0, 0.05) is 5.56 Å². The molecule has 2 amide bonds. The second-order valence-electron chi connectivity index (χ2n) is 6.59. The number of ether oxygens (including phenoxy) is 1. The van der Waals surface area contributed by atoms with Crippen LogP contribution in [0.1, 0.15) is 31.1 Å². The van der Waals surface area contributed by atoms with Crippen molar-refractivity contribution in [2.24, 2.45) is 0 Å². The van der Waals surface area contributed by atoms with Crippen LogP contribution in [0, 0.1) is 0 Å². The lowest BCUT2D eigenvalue weighted by Gasteiger charge is -2.29. The van der Waals surface area contributed by atoms with E-state index in [2.05, 4.69) is 20.5 Å². The van der Waals surface area contributed by atoms with Crippen LogP contribution in [0.15, 0.2) is 24.3 Å². The summed E-state index contributed by atoms with van der Waals surface area (Å²) in [7, 11) is 0. The molecular weight excluding hydrogens is 351 g/mol. The average molecular weight is 369 g/mol. The van der Waals surface area contributed by atoms with Crippen molar-refractivity contribution in [1.29, 1.82) is 0 Å². The fraction of sp³-hybridized carbons (Fsp3) is 0.438. The number of nitrogens with one attached hydrogen (secondary N) is 2. The molecule has 10 heteroatoms. The third-order valence-electron chi connectivity index (χ3n) is 3.77. The van der Waals surface area contributed by atoms with Crippen LogP contribution in [-0.2, 0) is 19.3 Å². The molecule has 140 valence electrons. The maximum absolute atomic E-state index is 12.5. The van der Waals surface area contributed by atoms with Crippen molar-refractivity contribution in [3.05, 3.63) is 41.5 Å². The number of aromatic amines is 1. The van der Waals surface area contributed by atoms with Gasteiger partial charge in [-0.05, 0) is 19.9 Å². The Hall–Kier alpha value is -2.78. The van der Waals surface area contributed by atoms with Crippen molar-refractivity contribution < 1.29 is 22.7 Å². The molecule has 0 fully saturated rings. The zero-order valence-corrected chi connectivity index (χ0v) is 14.2. The van der Waals surface area contributed by atoms with E-state index in [1.165, 1.54) is 0 Å². The van der Waals surface area contributed by atoms with Crippen LogP contribution in [0.5, 0.6) is 5.75 Å². The van der Waals surface area contributed by atoms with E-state index in [9.17, 15) is 18.0 Å². The van der Waals surface area contributed by atoms with Crippen LogP contribution in [0.2, 0.25) is 0 Å². The predicted octanol–water partition coefficient (Wildman–Crippen LogP) is 2.71. The molecule has 2 heterocycles. The summed E-state index contributed by atoms with van der Waals surface area (Å²) < 4.78 is 43.5. The minimum Gasteiger partial charge on any atom is -0.486 e. The molecule has 2 aromatic rings. The first-order valence-electron chi connectivity index (χ1n) is 7.92. The number of carbonyl (C=O) groups is 1. The lowest BCUT2D eigenvalue weighted by molar-refractivity contribution is -0.144. The molecule has 1 aromatic heterocycles. The fourth-order valence-corrected chi connectivity index (χ4v) is 2.70. The molecule has 26 heavy (non-hydrogen) atoms. The van der Waals surface area contributed by atoms with Crippen LogP contribution in [0.3, 0.4) is 0 Å². The highest BCUT2D eigenvalue weighted by Crippen LogP contribution is 2.29. The van der Waals surface area contributed by atoms with Gasteiger partial charge < -0.3 is 15.0 Å². The third-order valence-corrected chi connectivity index (χ3v) is 3.77. The molecule has 0 unspecified atom stereocenters. The zero-order valence-electron chi connectivity index (χ0n) is 14.2. The average Bonchev–Trinajstić information content (AvgIpc) is 2.97. The molecule has 0 saturated carbocycles. The molecule has 0 saturated heterocycles. The first-order valence-corrected chi connectivity index (χ1v) is 7.92. The van der Waals surface area contributed by atoms with E-state index in [1.807, 2.05) is 38.1 Å². The molecule has 0 spiro atoms. The van der Waals surface area contributed by atoms with E-state index < -0.39 is 23.6 Å². The maximum Gasteiger partial charge on any atom is 0.453 e. The van der Waals surface area contributed by atoms with Gasteiger partial charge in [0.05, 0.1) is 19.6 Å². The van der Waals surface area contributed by atoms with Crippen molar-refractivity contribution in [2.75, 3.05) is 6.54 Å². The monoisotopic (exact) mass is 369 g/mol. The number of hydrogen-bond acceptors (Lipinski definition) is 4. The minimum absolute atomic E-state index is 0.0728. The van der Waals surface area contributed by atoms with Gasteiger partial charge in [0.1, 0.15) is 17.2 Å². The van der Waals surface area contributed by atoms with E-state index >= 15 is 0 Å². The number of benzene rings is 1. The van der Waals surface area contributed by atoms with E-state index in [4.69, 9.17) is 4.74 Å². The number of amides is 2. The summed E-state index contributed by atoms with van der Waals surface area (Å²) in [5, 5.41) is 7.84. The van der Waals surface area contributed by atoms with Gasteiger partial charge in [-0.1, -0.05) is 18.2 Å². The van der Waals surface area contributed by atoms with Gasteiger partial charge in [-0.25, -0.2) is 9.78 Å². The Morgan fingerprint density at radius 3 is 2.81 bits per heavy atom. The molecule has 0 radical (unpaired) electrons. The second-order valence-corrected chi connectivity index (χ2v) is 6.59. The lowest BCUT2D eigenvalue weighted by atomic mass is 10.1. The highest BCUT2D eigenvalue weighted by Gasteiger charge is 2.36. The van der Waals surface area contributed by atoms with Crippen LogP contribution in [0.4, 0.5) is 18.0 Å². The summed E-state index contributed by atoms with van der Waals surface area (Å²) in [5.41, 5.74) is 0.242. The highest BCUT2D eigenvalue weighted by atomic mass is 19.4. The van der Waals surface area contributed by atoms with E-state index in [1.54, 1.807) is 4.90 Å². The van der Waals surface area contributed by atoms with E-state index in [0.29, 0.717) is 18.8 Å². The van der Waals surface area contributed by atoms with Crippen LogP contribution in [0.25, 0.3) is 0 Å². The van der Waals surface area contributed by atoms with Gasteiger partial charge in [0.15, 0.2) is 0 Å². The maximum atomic E-state index is 12.5. The SMILES string of the molecule is CC1(C)CN(C(=O)NCc2nc(C(F)(F)F)n[nH]2)Cc2ccccc2O1. The molecule has 0 aliphatic carbocycles. The fourth-order valence-electron chi connectivity index (χ4n) is 2.70. The summed E-state index contributed by atoms with van der Waals surface area (Å²) in [6.45, 7) is 4.18. The normalized spacial score (nSPS) is 16.4. The van der Waals surface area contributed by atoms with E-state index in [0.717, 1.165) is 5.56 Å². The third kappa shape index (κ3) is 4.06. The number of para-hydroxylation sites is 1. The molecule has 7 nitrogen and oxygen atoms in total. The molecule has 0 bridgehead atoms. The quantitative estimate of drug-likeness (QED) is 0.853. The number of fused-ring (bicyclic) bond motifs is 1. The summed E-state index contributed by atoms with van der Waals surface area (Å²) in [6.07, 6.45) is -4.63. The van der Waals surface area contributed by atoms with E-state index in [-0.39, 0.29) is 12.4 Å². The Bertz CT molecular complexity index is 803. The number of nitrogens with zero attached hydrogens (tertiary/aromatic N) is 3. The Morgan fingerprint density at radius 2 is 2.12 bits per heavy atom. The standard InChI is InChI=1S/C16H18F3N5O2/c1-15(2)9-24(8-10-5-3-4-6-11(10)26-15)14(25)20-7-12-21-13(23-22-12)16(17,18)19/h3-6H,7-9H2,1-2H3,(H,20,25)(H,21,22,23). The van der Waals surface area contributed by atoms with Gasteiger partial charge >= 0.3 is 12.2 Å². The topological polar surface area (TPSA) is 83.1 Å². The Balaban J connectivity index is 1.68. The number of hydrogen-bond donors (Lipinski definition) is 2. The summed E-state index contributed by atoms with van der Waals surface area (Å²) in [4.78, 5) is 17.4. The molecule has 1 aliphatic rings. The molecular formula is C16H18F3N5O2. The van der Waals surface area contributed by atoms with Gasteiger partial charge in [-0.3, -0.25) is 5.10 Å². The van der Waals surface area contributed by atoms with Crippen molar-refractivity contribution in [3.8, 4) is 5.75 Å². The number of alkyl halides is 3. The predicted molar refractivity (Wildman–Crippen MR) is 85.2 cm³/mol. The number of urea groups is 1. The Morgan fingerprint density at radius 1 is 1.38 bits per heavy atom. The molecule has 1 aliphatic heterocycles. The first kappa shape index (κ1) is 18.0. The van der Waals surface area contributed by atoms with Crippen molar-refractivity contribution in [1.82, 2.24) is 25.4 Å². The largest absolute Gasteiger partial charge is 0.486 e. The van der Waals surface area contributed by atoms with Crippen molar-refractivity contribution >= 4 is 6.03 Å². The molecule has 3 rings (SSSR count). The first-order chi connectivity index (χ1) is 12.1.